The van der Waals surface area contributed by atoms with Crippen LogP contribution in [0.5, 0.6) is 0 Å². The number of halogens is 1. The van der Waals surface area contributed by atoms with Gasteiger partial charge in [-0.2, -0.15) is 5.10 Å². The third-order valence-electron chi connectivity index (χ3n) is 8.00. The first-order chi connectivity index (χ1) is 22.9. The Hall–Kier alpha value is -5.87. The molecule has 3 aromatic carbocycles. The number of nitrogens with zero attached hydrogens (tertiary/aromatic N) is 4. The third kappa shape index (κ3) is 6.58. The maximum Gasteiger partial charge on any atom is 0.228 e. The number of aromatic amines is 2. The molecule has 0 saturated carbocycles. The quantitative estimate of drug-likeness (QED) is 0.129. The van der Waals surface area contributed by atoms with Crippen LogP contribution in [0.25, 0.3) is 55.6 Å². The third-order valence-corrected chi connectivity index (χ3v) is 8.00. The molecule has 4 heterocycles. The molecule has 234 valence electrons. The highest BCUT2D eigenvalue weighted by molar-refractivity contribution is 6.01. The lowest BCUT2D eigenvalue weighted by Crippen LogP contribution is -2.20. The summed E-state index contributed by atoms with van der Waals surface area (Å²) in [5.41, 5.74) is 8.68. The van der Waals surface area contributed by atoms with Crippen molar-refractivity contribution in [3.63, 3.8) is 0 Å². The molecule has 0 bridgehead atoms. The average molecular weight is 625 g/mol. The summed E-state index contributed by atoms with van der Waals surface area (Å²) in [6, 6.07) is 26.6. The maximum atomic E-state index is 14.8. The van der Waals surface area contributed by atoms with Gasteiger partial charge in [0.25, 0.3) is 0 Å². The molecule has 7 rings (SSSR count). The van der Waals surface area contributed by atoms with Gasteiger partial charge in [-0.25, -0.2) is 9.37 Å². The number of fused-ring (bicyclic) bond motifs is 2. The number of carbonyl (C=O) groups excluding carboxylic acids is 1. The van der Waals surface area contributed by atoms with Gasteiger partial charge in [0.1, 0.15) is 11.5 Å². The van der Waals surface area contributed by atoms with Gasteiger partial charge in [-0.3, -0.25) is 14.9 Å². The van der Waals surface area contributed by atoms with Crippen molar-refractivity contribution in [2.45, 2.75) is 6.42 Å². The first-order valence-corrected chi connectivity index (χ1v) is 15.3. The van der Waals surface area contributed by atoms with E-state index in [0.29, 0.717) is 23.6 Å². The summed E-state index contributed by atoms with van der Waals surface area (Å²) in [6.45, 7) is 1.55. The van der Waals surface area contributed by atoms with Crippen LogP contribution in [0.3, 0.4) is 0 Å². The monoisotopic (exact) mass is 624 g/mol. The number of amides is 1. The van der Waals surface area contributed by atoms with E-state index >= 15 is 0 Å². The van der Waals surface area contributed by atoms with E-state index in [1.54, 1.807) is 24.7 Å². The second-order valence-corrected chi connectivity index (χ2v) is 11.8. The second kappa shape index (κ2) is 12.9. The zero-order valence-electron chi connectivity index (χ0n) is 26.0. The molecule has 10 heteroatoms. The van der Waals surface area contributed by atoms with Crippen molar-refractivity contribution < 1.29 is 9.18 Å². The lowest BCUT2D eigenvalue weighted by Gasteiger charge is -2.13. The second-order valence-electron chi connectivity index (χ2n) is 11.8. The Morgan fingerprint density at radius 3 is 2.53 bits per heavy atom. The molecule has 0 spiro atoms. The molecule has 0 unspecified atom stereocenters. The summed E-state index contributed by atoms with van der Waals surface area (Å²) in [4.78, 5) is 27.2. The number of likely N-dealkylation sites (N-methyl/N-ethyl adjacent to an activating group) is 1. The number of nitrogens with one attached hydrogen (secondary N) is 4. The van der Waals surface area contributed by atoms with Gasteiger partial charge in [-0.05, 0) is 73.3 Å². The number of anilines is 2. The molecule has 0 saturated heterocycles. The molecule has 4 aromatic heterocycles. The minimum absolute atomic E-state index is 0.117. The van der Waals surface area contributed by atoms with Gasteiger partial charge in [0.15, 0.2) is 5.65 Å². The maximum absolute atomic E-state index is 14.8. The number of pyridine rings is 2. The van der Waals surface area contributed by atoms with Crippen LogP contribution in [0.2, 0.25) is 0 Å². The first kappa shape index (κ1) is 29.8. The standard InChI is InChI=1S/C37H33FN8O/c1-46(2)12-11-40-28-15-24(14-27(38)18-28)30-9-6-10-33-31(30)19-34(43-33)36-32-17-26(21-41-37(32)45-44-36)25-16-29(22-39-20-25)42-35(47)13-23-7-4-3-5-8-23/h3-10,14-22,40,43H,11-13H2,1-2H3,(H,42,47)(H,41,44,45). The van der Waals surface area contributed by atoms with Crippen LogP contribution in [-0.2, 0) is 11.2 Å². The SMILES string of the molecule is CN(C)CCNc1cc(F)cc(-c2cccc3[nH]c(-c4n[nH]c5ncc(-c6cncc(NC(=O)Cc7ccccc7)c6)cc45)cc23)c1. The largest absolute Gasteiger partial charge is 0.384 e. The molecular weight excluding hydrogens is 591 g/mol. The van der Waals surface area contributed by atoms with Crippen LogP contribution in [0.15, 0.2) is 104 Å². The van der Waals surface area contributed by atoms with Crippen molar-refractivity contribution in [3.05, 3.63) is 115 Å². The molecule has 0 atom stereocenters. The molecule has 9 nitrogen and oxygen atoms in total. The average Bonchev–Trinajstić information content (AvgIpc) is 3.69. The number of H-pyrrole nitrogens is 2. The van der Waals surface area contributed by atoms with Crippen LogP contribution in [0, 0.1) is 5.82 Å². The lowest BCUT2D eigenvalue weighted by atomic mass is 10.0. The van der Waals surface area contributed by atoms with Crippen molar-refractivity contribution in [1.82, 2.24) is 30.0 Å². The Balaban J connectivity index is 1.18. The van der Waals surface area contributed by atoms with Gasteiger partial charge < -0.3 is 20.5 Å². The fraction of sp³-hybridized carbons (Fsp3) is 0.135. The summed E-state index contributed by atoms with van der Waals surface area (Å²) in [5, 5.41) is 15.7. The minimum atomic E-state index is -0.297. The van der Waals surface area contributed by atoms with Gasteiger partial charge in [0, 0.05) is 58.6 Å². The van der Waals surface area contributed by atoms with Gasteiger partial charge in [-0.15, -0.1) is 0 Å². The Bertz CT molecular complexity index is 2210. The van der Waals surface area contributed by atoms with E-state index in [1.165, 1.54) is 6.07 Å². The highest BCUT2D eigenvalue weighted by atomic mass is 19.1. The molecule has 0 radical (unpaired) electrons. The number of hydrogen-bond acceptors (Lipinski definition) is 6. The Morgan fingerprint density at radius 2 is 1.68 bits per heavy atom. The van der Waals surface area contributed by atoms with E-state index in [4.69, 9.17) is 0 Å². The van der Waals surface area contributed by atoms with E-state index in [1.807, 2.05) is 86.9 Å². The molecule has 0 aliphatic carbocycles. The van der Waals surface area contributed by atoms with E-state index in [9.17, 15) is 9.18 Å². The van der Waals surface area contributed by atoms with Crippen LogP contribution >= 0.6 is 0 Å². The highest BCUT2D eigenvalue weighted by Crippen LogP contribution is 2.36. The summed E-state index contributed by atoms with van der Waals surface area (Å²) in [6.07, 6.45) is 5.41. The molecule has 0 fully saturated rings. The normalized spacial score (nSPS) is 11.4. The molecule has 0 aliphatic rings. The van der Waals surface area contributed by atoms with Gasteiger partial charge in [0.05, 0.1) is 24.0 Å². The summed E-state index contributed by atoms with van der Waals surface area (Å²) in [7, 11) is 4.01. The minimum Gasteiger partial charge on any atom is -0.384 e. The lowest BCUT2D eigenvalue weighted by molar-refractivity contribution is -0.115. The zero-order chi connectivity index (χ0) is 32.3. The zero-order valence-corrected chi connectivity index (χ0v) is 26.0. The molecule has 4 N–H and O–H groups in total. The van der Waals surface area contributed by atoms with E-state index < -0.39 is 0 Å². The van der Waals surface area contributed by atoms with Gasteiger partial charge in [0.2, 0.25) is 5.91 Å². The van der Waals surface area contributed by atoms with E-state index in [0.717, 1.165) is 62.0 Å². The Morgan fingerprint density at radius 1 is 0.851 bits per heavy atom. The highest BCUT2D eigenvalue weighted by Gasteiger charge is 2.16. The van der Waals surface area contributed by atoms with Crippen molar-refractivity contribution in [3.8, 4) is 33.6 Å². The van der Waals surface area contributed by atoms with E-state index in [-0.39, 0.29) is 18.1 Å². The predicted octanol–water partition coefficient (Wildman–Crippen LogP) is 7.13. The van der Waals surface area contributed by atoms with Crippen LogP contribution in [0.1, 0.15) is 5.56 Å². The molecule has 1 amide bonds. The number of hydrogen-bond donors (Lipinski definition) is 4. The number of carbonyl (C=O) groups is 1. The number of benzene rings is 3. The van der Waals surface area contributed by atoms with Crippen molar-refractivity contribution >= 4 is 39.2 Å². The van der Waals surface area contributed by atoms with Gasteiger partial charge >= 0.3 is 0 Å². The first-order valence-electron chi connectivity index (χ1n) is 15.3. The number of aromatic nitrogens is 5. The van der Waals surface area contributed by atoms with Crippen LogP contribution in [0.4, 0.5) is 15.8 Å². The number of rotatable bonds is 10. The van der Waals surface area contributed by atoms with Crippen molar-refractivity contribution in [2.24, 2.45) is 0 Å². The molecular formula is C37H33FN8O. The summed E-state index contributed by atoms with van der Waals surface area (Å²) < 4.78 is 14.8. The van der Waals surface area contributed by atoms with E-state index in [2.05, 4.69) is 40.7 Å². The predicted molar refractivity (Wildman–Crippen MR) is 186 cm³/mol. The fourth-order valence-electron chi connectivity index (χ4n) is 5.72. The van der Waals surface area contributed by atoms with Crippen molar-refractivity contribution in [1.29, 1.82) is 0 Å². The Kier molecular flexibility index (Phi) is 8.16. The fourth-order valence-corrected chi connectivity index (χ4v) is 5.72. The van der Waals surface area contributed by atoms with Crippen LogP contribution < -0.4 is 10.6 Å². The molecule has 47 heavy (non-hydrogen) atoms. The topological polar surface area (TPSA) is 115 Å². The smallest absolute Gasteiger partial charge is 0.228 e. The summed E-state index contributed by atoms with van der Waals surface area (Å²) >= 11 is 0. The summed E-state index contributed by atoms with van der Waals surface area (Å²) in [5.74, 6) is -0.414. The van der Waals surface area contributed by atoms with Crippen molar-refractivity contribution in [2.75, 3.05) is 37.8 Å². The van der Waals surface area contributed by atoms with Gasteiger partial charge in [-0.1, -0.05) is 42.5 Å². The Labute approximate surface area is 270 Å². The van der Waals surface area contributed by atoms with Crippen LogP contribution in [-0.4, -0.2) is 63.1 Å². The molecule has 0 aliphatic heterocycles. The molecule has 7 aromatic rings.